The van der Waals surface area contributed by atoms with Gasteiger partial charge in [0.1, 0.15) is 26.2 Å². The van der Waals surface area contributed by atoms with Crippen LogP contribution in [0.5, 0.6) is 0 Å². The van der Waals surface area contributed by atoms with E-state index in [2.05, 4.69) is 50.1 Å². The van der Waals surface area contributed by atoms with Crippen LogP contribution >= 0.6 is 0 Å². The van der Waals surface area contributed by atoms with Crippen LogP contribution in [0.3, 0.4) is 0 Å². The first-order chi connectivity index (χ1) is 11.4. The highest BCUT2D eigenvalue weighted by atomic mass is 15.6. The minimum atomic E-state index is -0.0671. The van der Waals surface area contributed by atoms with Gasteiger partial charge in [-0.2, -0.15) is 0 Å². The van der Waals surface area contributed by atoms with Gasteiger partial charge in [-0.1, -0.05) is 13.8 Å². The quantitative estimate of drug-likeness (QED) is 0.804. The molecular formula is C18H36N6+2. The second-order valence-corrected chi connectivity index (χ2v) is 9.14. The van der Waals surface area contributed by atoms with Crippen LogP contribution in [0.25, 0.3) is 0 Å². The number of rotatable bonds is 4. The molecule has 1 saturated carbocycles. The van der Waals surface area contributed by atoms with Gasteiger partial charge < -0.3 is 9.80 Å². The number of nitrogens with one attached hydrogen (secondary N) is 2. The van der Waals surface area contributed by atoms with Gasteiger partial charge >= 0.3 is 0 Å². The first-order valence-electron chi connectivity index (χ1n) is 9.86. The second-order valence-electron chi connectivity index (χ2n) is 9.14. The summed E-state index contributed by atoms with van der Waals surface area (Å²) in [5.41, 5.74) is -0.0671. The molecule has 1 atom stereocenters. The highest BCUT2D eigenvalue weighted by molar-refractivity contribution is 4.93. The zero-order valence-corrected chi connectivity index (χ0v) is 16.2. The lowest BCUT2D eigenvalue weighted by atomic mass is 9.99. The van der Waals surface area contributed by atoms with E-state index in [4.69, 9.17) is 0 Å². The van der Waals surface area contributed by atoms with Crippen LogP contribution in [0.15, 0.2) is 0 Å². The monoisotopic (exact) mass is 336 g/mol. The van der Waals surface area contributed by atoms with Crippen LogP contribution in [0.1, 0.15) is 72.2 Å². The van der Waals surface area contributed by atoms with Gasteiger partial charge in [0.2, 0.25) is 5.82 Å². The van der Waals surface area contributed by atoms with Crippen molar-refractivity contribution in [1.82, 2.24) is 20.2 Å². The van der Waals surface area contributed by atoms with Gasteiger partial charge in [0.15, 0.2) is 6.04 Å². The fraction of sp³-hybridized carbons (Fsp3) is 0.944. The number of hydrogen-bond acceptors (Lipinski definition) is 3. The molecule has 1 aliphatic carbocycles. The van der Waals surface area contributed by atoms with Gasteiger partial charge in [-0.3, -0.25) is 0 Å². The van der Waals surface area contributed by atoms with E-state index < -0.39 is 0 Å². The molecule has 6 nitrogen and oxygen atoms in total. The van der Waals surface area contributed by atoms with E-state index in [1.807, 2.05) is 9.58 Å². The predicted molar refractivity (Wildman–Crippen MR) is 94.0 cm³/mol. The first kappa shape index (κ1) is 17.8. The fourth-order valence-corrected chi connectivity index (χ4v) is 4.76. The summed E-state index contributed by atoms with van der Waals surface area (Å²) in [5.74, 6) is 1.61. The molecule has 24 heavy (non-hydrogen) atoms. The third-order valence-corrected chi connectivity index (χ3v) is 5.98. The van der Waals surface area contributed by atoms with Gasteiger partial charge in [0.05, 0.1) is 11.6 Å². The molecule has 0 amide bonds. The molecule has 1 aromatic heterocycles. The molecule has 0 radical (unpaired) electrons. The lowest BCUT2D eigenvalue weighted by Gasteiger charge is -2.38. The van der Waals surface area contributed by atoms with Crippen LogP contribution in [0.2, 0.25) is 0 Å². The topological polar surface area (TPSA) is 52.5 Å². The van der Waals surface area contributed by atoms with Crippen molar-refractivity contribution in [3.05, 3.63) is 5.82 Å². The molecular weight excluding hydrogens is 300 g/mol. The number of hydrogen-bond donors (Lipinski definition) is 2. The van der Waals surface area contributed by atoms with Gasteiger partial charge in [0, 0.05) is 5.92 Å². The standard InChI is InChI=1S/C18H34N6/c1-14(2)16(17-19-20-21-24(17)18(3,4)5)23-12-10-22(11-13-23)15-8-6-7-9-15/h14-16H,6-13H2,1-5H3/p+2/t16-/m1/s1. The number of nitrogens with zero attached hydrogens (tertiary/aromatic N) is 4. The highest BCUT2D eigenvalue weighted by Crippen LogP contribution is 2.21. The third kappa shape index (κ3) is 3.64. The average molecular weight is 337 g/mol. The molecule has 136 valence electrons. The van der Waals surface area contributed by atoms with E-state index >= 15 is 0 Å². The van der Waals surface area contributed by atoms with Gasteiger partial charge in [-0.15, -0.1) is 5.10 Å². The van der Waals surface area contributed by atoms with Crippen LogP contribution in [-0.4, -0.2) is 52.4 Å². The summed E-state index contributed by atoms with van der Waals surface area (Å²) in [6, 6.07) is 1.33. The van der Waals surface area contributed by atoms with E-state index in [-0.39, 0.29) is 5.54 Å². The first-order valence-corrected chi connectivity index (χ1v) is 9.86. The van der Waals surface area contributed by atoms with Crippen LogP contribution in [0.4, 0.5) is 0 Å². The van der Waals surface area contributed by atoms with E-state index in [9.17, 15) is 0 Å². The Morgan fingerprint density at radius 3 is 2.21 bits per heavy atom. The minimum absolute atomic E-state index is 0.0671. The summed E-state index contributed by atoms with van der Waals surface area (Å²) in [5, 5.41) is 12.8. The van der Waals surface area contributed by atoms with Crippen LogP contribution < -0.4 is 9.80 Å². The molecule has 1 aromatic rings. The molecule has 3 rings (SSSR count). The minimum Gasteiger partial charge on any atom is -0.323 e. The lowest BCUT2D eigenvalue weighted by Crippen LogP contribution is -3.29. The Morgan fingerprint density at radius 2 is 1.67 bits per heavy atom. The predicted octanol–water partition coefficient (Wildman–Crippen LogP) is -0.149. The summed E-state index contributed by atoms with van der Waals surface area (Å²) < 4.78 is 2.04. The van der Waals surface area contributed by atoms with Crippen molar-refractivity contribution < 1.29 is 9.80 Å². The van der Waals surface area contributed by atoms with Crippen molar-refractivity contribution in [2.45, 2.75) is 77.9 Å². The average Bonchev–Trinajstić information content (AvgIpc) is 3.18. The second kappa shape index (κ2) is 7.08. The smallest absolute Gasteiger partial charge is 0.210 e. The summed E-state index contributed by atoms with van der Waals surface area (Å²) >= 11 is 0. The number of quaternary nitrogens is 2. The number of piperazine rings is 1. The fourth-order valence-electron chi connectivity index (χ4n) is 4.76. The molecule has 0 bridgehead atoms. The van der Waals surface area contributed by atoms with Crippen molar-refractivity contribution >= 4 is 0 Å². The van der Waals surface area contributed by atoms with Crippen molar-refractivity contribution in [3.8, 4) is 0 Å². The molecule has 2 aliphatic rings. The summed E-state index contributed by atoms with van der Waals surface area (Å²) in [4.78, 5) is 3.53. The molecule has 1 aliphatic heterocycles. The largest absolute Gasteiger partial charge is 0.323 e. The van der Waals surface area contributed by atoms with Gasteiger partial charge in [-0.05, 0) is 56.9 Å². The zero-order valence-electron chi connectivity index (χ0n) is 16.2. The Morgan fingerprint density at radius 1 is 1.04 bits per heavy atom. The summed E-state index contributed by atoms with van der Waals surface area (Å²) in [7, 11) is 0. The van der Waals surface area contributed by atoms with E-state index in [1.165, 1.54) is 51.9 Å². The third-order valence-electron chi connectivity index (χ3n) is 5.98. The Bertz CT molecular complexity index is 518. The maximum Gasteiger partial charge on any atom is 0.210 e. The van der Waals surface area contributed by atoms with Crippen LogP contribution in [0, 0.1) is 5.92 Å². The van der Waals surface area contributed by atoms with Crippen molar-refractivity contribution in [2.24, 2.45) is 5.92 Å². The molecule has 0 unspecified atom stereocenters. The summed E-state index contributed by atoms with van der Waals surface area (Å²) in [6.07, 6.45) is 5.78. The Balaban J connectivity index is 1.72. The molecule has 2 N–H and O–H groups in total. The van der Waals surface area contributed by atoms with Crippen molar-refractivity contribution in [1.29, 1.82) is 0 Å². The molecule has 2 fully saturated rings. The van der Waals surface area contributed by atoms with Crippen LogP contribution in [-0.2, 0) is 5.54 Å². The van der Waals surface area contributed by atoms with E-state index in [1.54, 1.807) is 4.90 Å². The maximum absolute atomic E-state index is 4.45. The lowest BCUT2D eigenvalue weighted by molar-refractivity contribution is -1.04. The molecule has 2 heterocycles. The number of tetrazole rings is 1. The Hall–Kier alpha value is -1.01. The molecule has 6 heteroatoms. The SMILES string of the molecule is CC(C)[C@H](c1nnnn1C(C)(C)C)[NH+]1CC[NH+](C2CCCC2)CC1. The summed E-state index contributed by atoms with van der Waals surface area (Å²) in [6.45, 7) is 16.3. The molecule has 1 saturated heterocycles. The van der Waals surface area contributed by atoms with E-state index in [0.717, 1.165) is 11.9 Å². The molecule has 0 spiro atoms. The van der Waals surface area contributed by atoms with Crippen molar-refractivity contribution in [3.63, 3.8) is 0 Å². The highest BCUT2D eigenvalue weighted by Gasteiger charge is 2.39. The number of aromatic nitrogens is 4. The molecule has 0 aromatic carbocycles. The van der Waals surface area contributed by atoms with Gasteiger partial charge in [0.25, 0.3) is 0 Å². The van der Waals surface area contributed by atoms with Gasteiger partial charge in [-0.25, -0.2) is 4.68 Å². The maximum atomic E-state index is 4.45. The van der Waals surface area contributed by atoms with Crippen molar-refractivity contribution in [2.75, 3.05) is 26.2 Å². The van der Waals surface area contributed by atoms with E-state index in [0.29, 0.717) is 12.0 Å². The normalized spacial score (nSPS) is 27.8. The zero-order chi connectivity index (χ0) is 17.3. The Labute approximate surface area is 146 Å². The Kier molecular flexibility index (Phi) is 5.25.